The van der Waals surface area contributed by atoms with Crippen LogP contribution in [0.4, 0.5) is 10.6 Å². The Kier molecular flexibility index (Phi) is 7.53. The van der Waals surface area contributed by atoms with Gasteiger partial charge in [0.25, 0.3) is 0 Å². The number of carboxylic acid groups (broad SMARTS) is 1. The molecule has 31 heavy (non-hydrogen) atoms. The smallest absolute Gasteiger partial charge is 0.410 e. The summed E-state index contributed by atoms with van der Waals surface area (Å²) in [6.07, 6.45) is 1.16. The number of aromatic nitrogens is 2. The zero-order valence-electron chi connectivity index (χ0n) is 19.3. The fraction of sp³-hybridized carbons (Fsp3) is 0.700. The average molecular weight is 439 g/mol. The summed E-state index contributed by atoms with van der Waals surface area (Å²) in [7, 11) is 5.15. The Morgan fingerprint density at radius 3 is 2.52 bits per heavy atom. The van der Waals surface area contributed by atoms with Crippen LogP contribution in [0.1, 0.15) is 44.7 Å². The van der Waals surface area contributed by atoms with E-state index in [0.29, 0.717) is 5.82 Å². The van der Waals surface area contributed by atoms with Gasteiger partial charge in [0.05, 0.1) is 6.17 Å². The number of aryl methyl sites for hydroxylation is 1. The van der Waals surface area contributed by atoms with Crippen LogP contribution in [-0.4, -0.2) is 87.4 Å². The van der Waals surface area contributed by atoms with Gasteiger partial charge in [-0.2, -0.15) is 0 Å². The molecule has 3 N–H and O–H groups in total. The van der Waals surface area contributed by atoms with E-state index in [4.69, 9.17) is 9.84 Å². The lowest BCUT2D eigenvalue weighted by molar-refractivity contribution is -0.126. The minimum Gasteiger partial charge on any atom is -0.475 e. The number of aromatic carboxylic acids is 1. The first-order valence-electron chi connectivity index (χ1n) is 10.3. The summed E-state index contributed by atoms with van der Waals surface area (Å²) in [5.41, 5.74) is -0.586. The van der Waals surface area contributed by atoms with Crippen LogP contribution >= 0.6 is 0 Å². The lowest BCUT2D eigenvalue weighted by atomic mass is 9.88. The van der Waals surface area contributed by atoms with Gasteiger partial charge in [0, 0.05) is 51.8 Å². The van der Waals surface area contributed by atoms with Gasteiger partial charge >= 0.3 is 12.1 Å². The molecule has 1 fully saturated rings. The van der Waals surface area contributed by atoms with Gasteiger partial charge in [-0.15, -0.1) is 0 Å². The van der Waals surface area contributed by atoms with Crippen molar-refractivity contribution in [2.45, 2.75) is 51.9 Å². The van der Waals surface area contributed by atoms with Gasteiger partial charge in [0.15, 0.2) is 0 Å². The van der Waals surface area contributed by atoms with Gasteiger partial charge in [-0.05, 0) is 34.7 Å². The van der Waals surface area contributed by atoms with Crippen LogP contribution in [0, 0.1) is 5.92 Å². The number of likely N-dealkylation sites (tertiary alicyclic amines) is 1. The number of anilines is 1. The van der Waals surface area contributed by atoms with Crippen LogP contribution in [0.15, 0.2) is 6.20 Å². The highest BCUT2D eigenvalue weighted by molar-refractivity contribution is 5.84. The minimum absolute atomic E-state index is 0.0394. The molecule has 11 nitrogen and oxygen atoms in total. The lowest BCUT2D eigenvalue weighted by Gasteiger charge is -2.49. The zero-order chi connectivity index (χ0) is 23.5. The first-order valence-corrected chi connectivity index (χ1v) is 10.3. The number of nitrogens with one attached hydrogen (secondary N) is 2. The number of carboxylic acids is 1. The van der Waals surface area contributed by atoms with E-state index in [1.807, 2.05) is 18.9 Å². The molecule has 1 aliphatic rings. The third-order valence-electron chi connectivity index (χ3n) is 5.15. The molecule has 0 radical (unpaired) electrons. The molecule has 1 aliphatic heterocycles. The van der Waals surface area contributed by atoms with Crippen LogP contribution in [0.3, 0.4) is 0 Å². The van der Waals surface area contributed by atoms with Crippen molar-refractivity contribution in [3.63, 3.8) is 0 Å². The quantitative estimate of drug-likeness (QED) is 0.552. The molecule has 2 amide bonds. The van der Waals surface area contributed by atoms with E-state index in [1.54, 1.807) is 41.1 Å². The molecule has 0 spiro atoms. The van der Waals surface area contributed by atoms with Crippen molar-refractivity contribution in [2.75, 3.05) is 32.5 Å². The van der Waals surface area contributed by atoms with E-state index in [9.17, 15) is 14.4 Å². The SMILES string of the molecule is C[C@H](Nc1cn(C)c(C(=O)O)n1)[C@@H]1CN(C)C1NC(=O)CCN(C)C(=O)OC(C)(C)C. The second kappa shape index (κ2) is 9.54. The standard InChI is InChI=1S/C20H34N6O5/c1-12(21-14-11-26(7)17(22-14)18(28)29)13-10-25(6)16(13)23-15(27)8-9-24(5)19(30)31-20(2,3)4/h11-13,16,21H,8-10H2,1-7H3,(H,23,27)(H,28,29)/t12-,13-,16?/m0/s1. The van der Waals surface area contributed by atoms with E-state index in [1.165, 1.54) is 9.47 Å². The van der Waals surface area contributed by atoms with Gasteiger partial charge in [-0.3, -0.25) is 9.69 Å². The third kappa shape index (κ3) is 6.58. The summed E-state index contributed by atoms with van der Waals surface area (Å²) in [5, 5.41) is 15.4. The Hall–Kier alpha value is -2.82. The summed E-state index contributed by atoms with van der Waals surface area (Å²) >= 11 is 0. The highest BCUT2D eigenvalue weighted by Gasteiger charge is 2.41. The van der Waals surface area contributed by atoms with Gasteiger partial charge in [0.1, 0.15) is 11.4 Å². The molecule has 2 rings (SSSR count). The summed E-state index contributed by atoms with van der Waals surface area (Å²) in [6.45, 7) is 8.38. The molecular formula is C20H34N6O5. The summed E-state index contributed by atoms with van der Waals surface area (Å²) in [4.78, 5) is 43.1. The van der Waals surface area contributed by atoms with E-state index >= 15 is 0 Å². The molecule has 1 aromatic rings. The van der Waals surface area contributed by atoms with Crippen molar-refractivity contribution in [1.82, 2.24) is 24.7 Å². The number of imidazole rings is 1. The minimum atomic E-state index is -1.09. The Labute approximate surface area is 182 Å². The van der Waals surface area contributed by atoms with Crippen LogP contribution in [-0.2, 0) is 16.6 Å². The maximum atomic E-state index is 12.4. The van der Waals surface area contributed by atoms with Crippen LogP contribution < -0.4 is 10.6 Å². The van der Waals surface area contributed by atoms with Gasteiger partial charge in [0.2, 0.25) is 11.7 Å². The molecule has 2 heterocycles. The second-order valence-corrected chi connectivity index (χ2v) is 9.07. The van der Waals surface area contributed by atoms with E-state index in [-0.39, 0.29) is 42.8 Å². The van der Waals surface area contributed by atoms with E-state index in [2.05, 4.69) is 15.6 Å². The monoisotopic (exact) mass is 438 g/mol. The van der Waals surface area contributed by atoms with Gasteiger partial charge < -0.3 is 29.9 Å². The van der Waals surface area contributed by atoms with E-state index < -0.39 is 17.7 Å². The number of ether oxygens (including phenoxy) is 1. The molecule has 3 atom stereocenters. The predicted octanol–water partition coefficient (Wildman–Crippen LogP) is 1.18. The molecule has 1 saturated heterocycles. The molecule has 0 aliphatic carbocycles. The first kappa shape index (κ1) is 24.4. The molecule has 0 saturated carbocycles. The molecule has 0 bridgehead atoms. The first-order chi connectivity index (χ1) is 14.3. The van der Waals surface area contributed by atoms with Gasteiger partial charge in [-0.1, -0.05) is 0 Å². The number of carbonyl (C=O) groups is 3. The number of hydrogen-bond donors (Lipinski definition) is 3. The normalized spacial score (nSPS) is 19.8. The fourth-order valence-corrected chi connectivity index (χ4v) is 3.40. The van der Waals surface area contributed by atoms with Crippen molar-refractivity contribution in [2.24, 2.45) is 13.0 Å². The molecular weight excluding hydrogens is 404 g/mol. The summed E-state index contributed by atoms with van der Waals surface area (Å²) < 4.78 is 6.74. The Balaban J connectivity index is 1.85. The molecule has 1 aromatic heterocycles. The summed E-state index contributed by atoms with van der Waals surface area (Å²) in [6, 6.07) is -0.0394. The third-order valence-corrected chi connectivity index (χ3v) is 5.15. The topological polar surface area (TPSA) is 129 Å². The number of hydrogen-bond acceptors (Lipinski definition) is 7. The Morgan fingerprint density at radius 1 is 1.35 bits per heavy atom. The predicted molar refractivity (Wildman–Crippen MR) is 115 cm³/mol. The second-order valence-electron chi connectivity index (χ2n) is 9.07. The fourth-order valence-electron chi connectivity index (χ4n) is 3.40. The van der Waals surface area contributed by atoms with Crippen molar-refractivity contribution in [3.8, 4) is 0 Å². The molecule has 1 unspecified atom stereocenters. The largest absolute Gasteiger partial charge is 0.475 e. The highest BCUT2D eigenvalue weighted by Crippen LogP contribution is 2.26. The molecule has 0 aromatic carbocycles. The van der Waals surface area contributed by atoms with Crippen molar-refractivity contribution in [1.29, 1.82) is 0 Å². The van der Waals surface area contributed by atoms with Crippen molar-refractivity contribution >= 4 is 23.8 Å². The van der Waals surface area contributed by atoms with Crippen LogP contribution in [0.2, 0.25) is 0 Å². The van der Waals surface area contributed by atoms with Crippen LogP contribution in [0.25, 0.3) is 0 Å². The lowest BCUT2D eigenvalue weighted by Crippen LogP contribution is -2.66. The van der Waals surface area contributed by atoms with Crippen molar-refractivity contribution < 1.29 is 24.2 Å². The average Bonchev–Trinajstić information content (AvgIpc) is 3.00. The maximum Gasteiger partial charge on any atom is 0.410 e. The number of nitrogens with zero attached hydrogens (tertiary/aromatic N) is 4. The molecule has 174 valence electrons. The molecule has 11 heteroatoms. The Bertz CT molecular complexity index is 817. The number of carbonyl (C=O) groups excluding carboxylic acids is 2. The van der Waals surface area contributed by atoms with Crippen molar-refractivity contribution in [3.05, 3.63) is 12.0 Å². The summed E-state index contributed by atoms with van der Waals surface area (Å²) in [5.74, 6) is -0.693. The maximum absolute atomic E-state index is 12.4. The van der Waals surface area contributed by atoms with Crippen LogP contribution in [0.5, 0.6) is 0 Å². The highest BCUT2D eigenvalue weighted by atomic mass is 16.6. The zero-order valence-corrected chi connectivity index (χ0v) is 19.3. The van der Waals surface area contributed by atoms with Gasteiger partial charge in [-0.25, -0.2) is 14.6 Å². The van der Waals surface area contributed by atoms with E-state index in [0.717, 1.165) is 6.54 Å². The Morgan fingerprint density at radius 2 is 2.00 bits per heavy atom. The number of amides is 2. The number of rotatable bonds is 8.